The summed E-state index contributed by atoms with van der Waals surface area (Å²) in [7, 11) is 0. The first-order chi connectivity index (χ1) is 19.0. The zero-order valence-corrected chi connectivity index (χ0v) is 22.1. The van der Waals surface area contributed by atoms with Crippen molar-refractivity contribution in [2.24, 2.45) is 0 Å². The van der Waals surface area contributed by atoms with Crippen LogP contribution in [-0.2, 0) is 0 Å². The summed E-state index contributed by atoms with van der Waals surface area (Å²) in [5, 5.41) is 16.1. The van der Waals surface area contributed by atoms with E-state index < -0.39 is 0 Å². The highest BCUT2D eigenvalue weighted by Crippen LogP contribution is 2.46. The van der Waals surface area contributed by atoms with E-state index in [1.54, 1.807) is 22.1 Å². The maximum absolute atomic E-state index is 13.5. The number of carbonyl (C=O) groups excluding carboxylic acids is 2. The lowest BCUT2D eigenvalue weighted by molar-refractivity contribution is 0.0936. The van der Waals surface area contributed by atoms with Crippen LogP contribution in [0.1, 0.15) is 34.5 Å². The molecule has 10 heteroatoms. The minimum Gasteiger partial charge on any atom is -0.457 e. The zero-order valence-electron chi connectivity index (χ0n) is 21.3. The molecule has 2 aliphatic rings. The predicted octanol–water partition coefficient (Wildman–Crippen LogP) is 6.15. The summed E-state index contributed by atoms with van der Waals surface area (Å²) in [4.78, 5) is 35.8. The fourth-order valence-corrected chi connectivity index (χ4v) is 6.17. The summed E-state index contributed by atoms with van der Waals surface area (Å²) in [5.41, 5.74) is 2.71. The van der Waals surface area contributed by atoms with Crippen LogP contribution in [0.4, 0.5) is 21.9 Å². The van der Waals surface area contributed by atoms with Gasteiger partial charge in [0.15, 0.2) is 6.19 Å². The van der Waals surface area contributed by atoms with E-state index in [-0.39, 0.29) is 18.0 Å². The first kappa shape index (κ1) is 24.7. The second kappa shape index (κ2) is 10.3. The Kier molecular flexibility index (Phi) is 6.50. The zero-order chi connectivity index (χ0) is 26.9. The molecule has 1 atom stereocenters. The van der Waals surface area contributed by atoms with Gasteiger partial charge in [0.1, 0.15) is 21.2 Å². The summed E-state index contributed by atoms with van der Waals surface area (Å²) in [5.74, 6) is 1.13. The Hall–Kier alpha value is -4.62. The third-order valence-electron chi connectivity index (χ3n) is 6.99. The molecular weight excluding hydrogens is 512 g/mol. The number of aryl methyl sites for hydroxylation is 1. The highest BCUT2D eigenvalue weighted by Gasteiger charge is 2.34. The largest absolute Gasteiger partial charge is 0.457 e. The minimum atomic E-state index is -0.354. The molecule has 2 aliphatic heterocycles. The Bertz CT molecular complexity index is 1610. The molecule has 0 spiro atoms. The lowest BCUT2D eigenvalue weighted by Gasteiger charge is -2.29. The highest BCUT2D eigenvalue weighted by atomic mass is 32.1. The van der Waals surface area contributed by atoms with Gasteiger partial charge in [-0.2, -0.15) is 5.26 Å². The molecule has 1 fully saturated rings. The quantitative estimate of drug-likeness (QED) is 0.295. The van der Waals surface area contributed by atoms with Crippen molar-refractivity contribution in [2.75, 3.05) is 23.3 Å². The predicted molar refractivity (Wildman–Crippen MR) is 151 cm³/mol. The second-order valence-electron chi connectivity index (χ2n) is 9.66. The topological polar surface area (TPSA) is 111 Å². The number of likely N-dealkylation sites (tertiary alicyclic amines) is 1. The number of thiophene rings is 1. The van der Waals surface area contributed by atoms with Gasteiger partial charge in [0.25, 0.3) is 5.91 Å². The number of rotatable bonds is 5. The van der Waals surface area contributed by atoms with Crippen LogP contribution in [-0.4, -0.2) is 41.0 Å². The van der Waals surface area contributed by atoms with Gasteiger partial charge >= 0.3 is 6.03 Å². The van der Waals surface area contributed by atoms with Gasteiger partial charge in [-0.25, -0.2) is 9.78 Å². The van der Waals surface area contributed by atoms with Crippen LogP contribution < -0.4 is 20.3 Å². The van der Waals surface area contributed by atoms with Crippen molar-refractivity contribution in [3.63, 3.8) is 0 Å². The van der Waals surface area contributed by atoms with Crippen LogP contribution in [0, 0.1) is 18.4 Å². The number of nitrogens with zero attached hydrogens (tertiary/aromatic N) is 4. The van der Waals surface area contributed by atoms with Crippen molar-refractivity contribution in [2.45, 2.75) is 32.2 Å². The van der Waals surface area contributed by atoms with E-state index in [4.69, 9.17) is 4.74 Å². The van der Waals surface area contributed by atoms with Crippen LogP contribution in [0.15, 0.2) is 60.8 Å². The van der Waals surface area contributed by atoms with Crippen molar-refractivity contribution in [3.05, 3.63) is 71.2 Å². The summed E-state index contributed by atoms with van der Waals surface area (Å²) in [6.07, 6.45) is 6.52. The molecule has 4 heterocycles. The highest BCUT2D eigenvalue weighted by molar-refractivity contribution is 7.21. The second-order valence-corrected chi connectivity index (χ2v) is 10.7. The molecule has 196 valence electrons. The molecule has 0 radical (unpaired) electrons. The van der Waals surface area contributed by atoms with Crippen molar-refractivity contribution in [3.8, 4) is 17.7 Å². The number of nitriles is 1. The normalized spacial score (nSPS) is 16.8. The fourth-order valence-electron chi connectivity index (χ4n) is 5.15. The molecule has 4 aromatic rings. The molecule has 9 nitrogen and oxygen atoms in total. The first-order valence-corrected chi connectivity index (χ1v) is 13.6. The molecule has 2 N–H and O–H groups in total. The number of anilines is 3. The lowest BCUT2D eigenvalue weighted by Crippen LogP contribution is -2.41. The van der Waals surface area contributed by atoms with E-state index in [9.17, 15) is 14.9 Å². The smallest absolute Gasteiger partial charge is 0.331 e. The number of hydrogen-bond donors (Lipinski definition) is 2. The number of pyridine rings is 1. The van der Waals surface area contributed by atoms with Crippen molar-refractivity contribution in [1.29, 1.82) is 5.26 Å². The summed E-state index contributed by atoms with van der Waals surface area (Å²) in [6, 6.07) is 16.4. The van der Waals surface area contributed by atoms with E-state index in [0.717, 1.165) is 36.0 Å². The van der Waals surface area contributed by atoms with E-state index in [2.05, 4.69) is 21.8 Å². The van der Waals surface area contributed by atoms with Crippen LogP contribution in [0.3, 0.4) is 0 Å². The van der Waals surface area contributed by atoms with Gasteiger partial charge in [-0.15, -0.1) is 11.3 Å². The molecule has 2 aromatic heterocycles. The van der Waals surface area contributed by atoms with Crippen molar-refractivity contribution < 1.29 is 14.3 Å². The van der Waals surface area contributed by atoms with Gasteiger partial charge in [0, 0.05) is 25.3 Å². The third kappa shape index (κ3) is 4.73. The Morgan fingerprint density at radius 3 is 2.79 bits per heavy atom. The number of aromatic nitrogens is 1. The monoisotopic (exact) mass is 538 g/mol. The summed E-state index contributed by atoms with van der Waals surface area (Å²) >= 11 is 1.26. The van der Waals surface area contributed by atoms with E-state index in [1.165, 1.54) is 11.3 Å². The summed E-state index contributed by atoms with van der Waals surface area (Å²) < 4.78 is 5.96. The molecule has 6 rings (SSSR count). The molecular formula is C29H26N6O3S. The summed E-state index contributed by atoms with van der Waals surface area (Å²) in [6.45, 7) is 3.11. The van der Waals surface area contributed by atoms with Gasteiger partial charge in [0.05, 0.1) is 22.4 Å². The Labute approximate surface area is 229 Å². The Morgan fingerprint density at radius 2 is 2.00 bits per heavy atom. The number of amides is 3. The molecule has 0 bridgehead atoms. The number of ether oxygens (including phenoxy) is 1. The standard InChI is InChI=1S/C29H26N6O3S/c1-18-15-21(38-20-8-3-2-4-9-20)10-11-22(18)35-23-12-13-31-28-24(23)25(33-29(35)37)26(39-28)27(36)32-19-7-5-6-14-34(16-19)17-30/h2-4,8-13,15,19H,5-7,14,16H2,1H3,(H,32,36)(H,33,37). The van der Waals surface area contributed by atoms with Gasteiger partial charge in [0.2, 0.25) is 0 Å². The maximum Gasteiger partial charge on any atom is 0.331 e. The number of para-hydroxylation sites is 1. The molecule has 0 aliphatic carbocycles. The minimum absolute atomic E-state index is 0.139. The van der Waals surface area contributed by atoms with E-state index in [0.29, 0.717) is 45.6 Å². The first-order valence-electron chi connectivity index (χ1n) is 12.8. The maximum atomic E-state index is 13.5. The molecule has 2 aromatic carbocycles. The van der Waals surface area contributed by atoms with Crippen molar-refractivity contribution >= 4 is 50.6 Å². The van der Waals surface area contributed by atoms with Gasteiger partial charge < -0.3 is 20.3 Å². The molecule has 39 heavy (non-hydrogen) atoms. The van der Waals surface area contributed by atoms with E-state index in [1.807, 2.05) is 55.5 Å². The van der Waals surface area contributed by atoms with Crippen LogP contribution in [0.5, 0.6) is 11.5 Å². The Balaban J connectivity index is 1.31. The average Bonchev–Trinajstić information content (AvgIpc) is 3.15. The lowest BCUT2D eigenvalue weighted by atomic mass is 10.1. The number of urea groups is 1. The Morgan fingerprint density at radius 1 is 1.15 bits per heavy atom. The number of nitrogens with one attached hydrogen (secondary N) is 2. The molecule has 1 unspecified atom stereocenters. The SMILES string of the molecule is Cc1cc(Oc2ccccc2)ccc1N1C(=O)Nc2c(C(=O)NC3CCCCN(C#N)C3)sc3nccc1c23. The van der Waals surface area contributed by atoms with Crippen molar-refractivity contribution in [1.82, 2.24) is 15.2 Å². The van der Waals surface area contributed by atoms with Gasteiger partial charge in [-0.1, -0.05) is 18.2 Å². The number of benzene rings is 2. The fraction of sp³-hybridized carbons (Fsp3) is 0.241. The third-order valence-corrected chi connectivity index (χ3v) is 8.08. The average molecular weight is 539 g/mol. The number of hydrogen-bond acceptors (Lipinski definition) is 7. The molecule has 1 saturated heterocycles. The molecule has 0 saturated carbocycles. The number of carbonyl (C=O) groups is 2. The molecule has 3 amide bonds. The van der Waals surface area contributed by atoms with Gasteiger partial charge in [-0.05, 0) is 68.1 Å². The van der Waals surface area contributed by atoms with Gasteiger partial charge in [-0.3, -0.25) is 9.69 Å². The van der Waals surface area contributed by atoms with Crippen LogP contribution in [0.2, 0.25) is 0 Å². The van der Waals surface area contributed by atoms with Crippen LogP contribution >= 0.6 is 11.3 Å². The van der Waals surface area contributed by atoms with E-state index >= 15 is 0 Å². The van der Waals surface area contributed by atoms with Crippen LogP contribution in [0.25, 0.3) is 10.2 Å².